The van der Waals surface area contributed by atoms with Crippen LogP contribution in [0.5, 0.6) is 0 Å². The highest BCUT2D eigenvalue weighted by Crippen LogP contribution is 2.26. The van der Waals surface area contributed by atoms with Gasteiger partial charge in [0.1, 0.15) is 11.6 Å². The Labute approximate surface area is 109 Å². The maximum absolute atomic E-state index is 13.1. The molecule has 0 amide bonds. The van der Waals surface area contributed by atoms with Crippen molar-refractivity contribution in [2.24, 2.45) is 0 Å². The zero-order chi connectivity index (χ0) is 13.0. The number of nitrogens with zero attached hydrogens (tertiary/aromatic N) is 1. The predicted molar refractivity (Wildman–Crippen MR) is 71.2 cm³/mol. The highest BCUT2D eigenvalue weighted by Gasteiger charge is 2.05. The van der Waals surface area contributed by atoms with Gasteiger partial charge in [-0.25, -0.2) is 9.37 Å². The molecular weight excluding hydrogens is 255 g/mol. The summed E-state index contributed by atoms with van der Waals surface area (Å²) in [5.41, 5.74) is 6.70. The molecule has 96 valence electrons. The van der Waals surface area contributed by atoms with Crippen LogP contribution in [0.2, 0.25) is 5.02 Å². The van der Waals surface area contributed by atoms with E-state index in [2.05, 4.69) is 15.3 Å². The molecule has 0 saturated carbocycles. The second-order valence-corrected chi connectivity index (χ2v) is 4.33. The molecule has 0 aliphatic carbocycles. The molecule has 2 aromatic rings. The molecule has 1 heterocycles. The highest BCUT2D eigenvalue weighted by atomic mass is 35.5. The van der Waals surface area contributed by atoms with Gasteiger partial charge in [-0.3, -0.25) is 0 Å². The molecule has 0 saturated heterocycles. The number of hydrogen-bond donors (Lipinski definition) is 3. The number of aromatic amines is 1. The van der Waals surface area contributed by atoms with Crippen molar-refractivity contribution in [2.75, 3.05) is 17.6 Å². The van der Waals surface area contributed by atoms with Gasteiger partial charge in [0.25, 0.3) is 0 Å². The standard InChI is InChI=1S/C12H14ClFN4/c13-8-6-11(10(15)7-9(8)14)16-3-1-2-12-17-4-5-18-12/h4-7,16H,1-3,15H2,(H,17,18). The number of nitrogens with one attached hydrogen (secondary N) is 2. The number of imidazole rings is 1. The third-order valence-electron chi connectivity index (χ3n) is 2.55. The second kappa shape index (κ2) is 5.73. The highest BCUT2D eigenvalue weighted by molar-refractivity contribution is 6.31. The van der Waals surface area contributed by atoms with E-state index < -0.39 is 5.82 Å². The molecule has 1 aromatic heterocycles. The molecule has 4 N–H and O–H groups in total. The summed E-state index contributed by atoms with van der Waals surface area (Å²) in [6.07, 6.45) is 5.25. The van der Waals surface area contributed by atoms with Crippen LogP contribution in [0.25, 0.3) is 0 Å². The Kier molecular flexibility index (Phi) is 4.04. The molecule has 0 fully saturated rings. The molecule has 4 nitrogen and oxygen atoms in total. The number of aryl methyl sites for hydroxylation is 1. The van der Waals surface area contributed by atoms with Gasteiger partial charge in [-0.05, 0) is 12.5 Å². The second-order valence-electron chi connectivity index (χ2n) is 3.92. The van der Waals surface area contributed by atoms with Crippen LogP contribution < -0.4 is 11.1 Å². The fourth-order valence-electron chi connectivity index (χ4n) is 1.63. The largest absolute Gasteiger partial charge is 0.397 e. The lowest BCUT2D eigenvalue weighted by atomic mass is 10.2. The summed E-state index contributed by atoms with van der Waals surface area (Å²) in [4.78, 5) is 7.15. The third kappa shape index (κ3) is 3.13. The minimum absolute atomic E-state index is 0.0673. The van der Waals surface area contributed by atoms with Crippen molar-refractivity contribution in [3.63, 3.8) is 0 Å². The van der Waals surface area contributed by atoms with Crippen LogP contribution in [0.1, 0.15) is 12.2 Å². The summed E-state index contributed by atoms with van der Waals surface area (Å²) >= 11 is 5.69. The normalized spacial score (nSPS) is 10.6. The van der Waals surface area contributed by atoms with Crippen LogP contribution in [0.4, 0.5) is 15.8 Å². The zero-order valence-electron chi connectivity index (χ0n) is 9.71. The van der Waals surface area contributed by atoms with Crippen molar-refractivity contribution >= 4 is 23.0 Å². The summed E-state index contributed by atoms with van der Waals surface area (Å²) in [5.74, 6) is 0.442. The van der Waals surface area contributed by atoms with E-state index in [1.807, 2.05) is 0 Å². The Hall–Kier alpha value is -1.75. The molecule has 2 rings (SSSR count). The van der Waals surface area contributed by atoms with Crippen LogP contribution in [0.15, 0.2) is 24.5 Å². The van der Waals surface area contributed by atoms with Gasteiger partial charge in [0.05, 0.1) is 16.4 Å². The number of halogens is 2. The molecular formula is C12H14ClFN4. The van der Waals surface area contributed by atoms with Crippen LogP contribution in [0.3, 0.4) is 0 Å². The topological polar surface area (TPSA) is 66.7 Å². The van der Waals surface area contributed by atoms with Gasteiger partial charge in [-0.15, -0.1) is 0 Å². The van der Waals surface area contributed by atoms with Gasteiger partial charge in [0.15, 0.2) is 0 Å². The first-order valence-electron chi connectivity index (χ1n) is 5.63. The molecule has 0 spiro atoms. The fourth-order valence-corrected chi connectivity index (χ4v) is 1.79. The lowest BCUT2D eigenvalue weighted by Gasteiger charge is -2.09. The van der Waals surface area contributed by atoms with E-state index >= 15 is 0 Å². The number of anilines is 2. The summed E-state index contributed by atoms with van der Waals surface area (Å²) in [6, 6.07) is 2.72. The molecule has 0 aliphatic heterocycles. The Morgan fingerprint density at radius 3 is 3.00 bits per heavy atom. The average Bonchev–Trinajstić information content (AvgIpc) is 2.84. The summed E-state index contributed by atoms with van der Waals surface area (Å²) in [7, 11) is 0. The smallest absolute Gasteiger partial charge is 0.143 e. The van der Waals surface area contributed by atoms with Gasteiger partial charge in [-0.1, -0.05) is 11.6 Å². The minimum atomic E-state index is -0.504. The van der Waals surface area contributed by atoms with E-state index in [1.54, 1.807) is 12.4 Å². The maximum Gasteiger partial charge on any atom is 0.143 e. The summed E-state index contributed by atoms with van der Waals surface area (Å²) in [5, 5.41) is 3.19. The van der Waals surface area contributed by atoms with E-state index in [1.165, 1.54) is 12.1 Å². The van der Waals surface area contributed by atoms with Gasteiger partial charge in [0.2, 0.25) is 0 Å². The number of benzene rings is 1. The molecule has 0 radical (unpaired) electrons. The SMILES string of the molecule is Nc1cc(F)c(Cl)cc1NCCCc1ncc[nH]1. The van der Waals surface area contributed by atoms with Crippen LogP contribution in [0, 0.1) is 5.82 Å². The van der Waals surface area contributed by atoms with Gasteiger partial charge >= 0.3 is 0 Å². The number of nitrogen functional groups attached to an aromatic ring is 1. The van der Waals surface area contributed by atoms with Crippen molar-refractivity contribution in [3.8, 4) is 0 Å². The molecule has 0 atom stereocenters. The van der Waals surface area contributed by atoms with Crippen molar-refractivity contribution < 1.29 is 4.39 Å². The fraction of sp³-hybridized carbons (Fsp3) is 0.250. The van der Waals surface area contributed by atoms with E-state index in [0.29, 0.717) is 17.9 Å². The molecule has 18 heavy (non-hydrogen) atoms. The van der Waals surface area contributed by atoms with Crippen molar-refractivity contribution in [1.29, 1.82) is 0 Å². The lowest BCUT2D eigenvalue weighted by molar-refractivity contribution is 0.629. The third-order valence-corrected chi connectivity index (χ3v) is 2.84. The minimum Gasteiger partial charge on any atom is -0.397 e. The number of nitrogens with two attached hydrogens (primary N) is 1. The number of hydrogen-bond acceptors (Lipinski definition) is 3. The first kappa shape index (κ1) is 12.7. The predicted octanol–water partition coefficient (Wildman–Crippen LogP) is 2.83. The Morgan fingerprint density at radius 1 is 1.44 bits per heavy atom. The monoisotopic (exact) mass is 268 g/mol. The Balaban J connectivity index is 1.85. The van der Waals surface area contributed by atoms with Crippen molar-refractivity contribution in [1.82, 2.24) is 9.97 Å². The van der Waals surface area contributed by atoms with Crippen molar-refractivity contribution in [2.45, 2.75) is 12.8 Å². The Morgan fingerprint density at radius 2 is 2.28 bits per heavy atom. The number of rotatable bonds is 5. The van der Waals surface area contributed by atoms with Gasteiger partial charge in [-0.2, -0.15) is 0 Å². The molecule has 6 heteroatoms. The van der Waals surface area contributed by atoms with Crippen molar-refractivity contribution in [3.05, 3.63) is 41.2 Å². The Bertz CT molecular complexity index is 513. The average molecular weight is 269 g/mol. The van der Waals surface area contributed by atoms with Crippen LogP contribution in [-0.2, 0) is 6.42 Å². The molecule has 0 unspecified atom stereocenters. The van der Waals surface area contributed by atoms with E-state index in [9.17, 15) is 4.39 Å². The zero-order valence-corrected chi connectivity index (χ0v) is 10.5. The molecule has 0 aliphatic rings. The number of H-pyrrole nitrogens is 1. The number of aromatic nitrogens is 2. The first-order chi connectivity index (χ1) is 8.66. The summed E-state index contributed by atoms with van der Waals surface area (Å²) < 4.78 is 13.1. The van der Waals surface area contributed by atoms with E-state index in [-0.39, 0.29) is 5.02 Å². The quantitative estimate of drug-likeness (QED) is 0.577. The lowest BCUT2D eigenvalue weighted by Crippen LogP contribution is -2.06. The maximum atomic E-state index is 13.1. The summed E-state index contributed by atoms with van der Waals surface area (Å²) in [6.45, 7) is 0.715. The van der Waals surface area contributed by atoms with E-state index in [0.717, 1.165) is 18.7 Å². The molecule has 1 aromatic carbocycles. The van der Waals surface area contributed by atoms with Crippen LogP contribution >= 0.6 is 11.6 Å². The van der Waals surface area contributed by atoms with Gasteiger partial charge in [0, 0.05) is 31.4 Å². The molecule has 0 bridgehead atoms. The van der Waals surface area contributed by atoms with Gasteiger partial charge < -0.3 is 16.0 Å². The first-order valence-corrected chi connectivity index (χ1v) is 6.01. The van der Waals surface area contributed by atoms with E-state index in [4.69, 9.17) is 17.3 Å². The van der Waals surface area contributed by atoms with Crippen LogP contribution in [-0.4, -0.2) is 16.5 Å².